The maximum absolute atomic E-state index is 4.32. The SMILES string of the molecule is CCCc1cc(N(C)CCNC2CC2)ncn1. The van der Waals surface area contributed by atoms with Crippen LogP contribution in [0.15, 0.2) is 12.4 Å². The Hall–Kier alpha value is -1.16. The summed E-state index contributed by atoms with van der Waals surface area (Å²) in [4.78, 5) is 10.8. The van der Waals surface area contributed by atoms with Crippen LogP contribution in [-0.4, -0.2) is 36.1 Å². The second-order valence-corrected chi connectivity index (χ2v) is 4.77. The van der Waals surface area contributed by atoms with Gasteiger partial charge in [0.1, 0.15) is 12.1 Å². The standard InChI is InChI=1S/C13H22N4/c1-3-4-12-9-13(16-10-15-12)17(2)8-7-14-11-5-6-11/h9-11,14H,3-8H2,1-2H3. The first kappa shape index (κ1) is 12.3. The molecule has 0 amide bonds. The molecule has 0 bridgehead atoms. The molecule has 0 spiro atoms. The molecule has 4 nitrogen and oxygen atoms in total. The number of hydrogen-bond donors (Lipinski definition) is 1. The van der Waals surface area contributed by atoms with Crippen LogP contribution in [-0.2, 0) is 6.42 Å². The summed E-state index contributed by atoms with van der Waals surface area (Å²) in [6, 6.07) is 2.88. The number of anilines is 1. The van der Waals surface area contributed by atoms with Crippen molar-refractivity contribution >= 4 is 5.82 Å². The number of aromatic nitrogens is 2. The van der Waals surface area contributed by atoms with E-state index in [1.54, 1.807) is 6.33 Å². The van der Waals surface area contributed by atoms with Crippen LogP contribution >= 0.6 is 0 Å². The van der Waals surface area contributed by atoms with E-state index in [2.05, 4.69) is 40.2 Å². The Morgan fingerprint density at radius 2 is 2.24 bits per heavy atom. The lowest BCUT2D eigenvalue weighted by Crippen LogP contribution is -2.30. The summed E-state index contributed by atoms with van der Waals surface area (Å²) in [6.07, 6.45) is 6.52. The topological polar surface area (TPSA) is 41.0 Å². The van der Waals surface area contributed by atoms with Crippen LogP contribution in [0.5, 0.6) is 0 Å². The molecule has 1 aliphatic carbocycles. The van der Waals surface area contributed by atoms with Crippen molar-refractivity contribution in [3.8, 4) is 0 Å². The van der Waals surface area contributed by atoms with E-state index in [4.69, 9.17) is 0 Å². The van der Waals surface area contributed by atoms with Crippen LogP contribution in [0.2, 0.25) is 0 Å². The second kappa shape index (κ2) is 5.96. The van der Waals surface area contributed by atoms with Gasteiger partial charge in [0.25, 0.3) is 0 Å². The maximum Gasteiger partial charge on any atom is 0.131 e. The Bertz CT molecular complexity index is 349. The number of rotatable bonds is 7. The molecule has 1 aromatic rings. The minimum Gasteiger partial charge on any atom is -0.358 e. The van der Waals surface area contributed by atoms with Crippen LogP contribution < -0.4 is 10.2 Å². The molecule has 1 heterocycles. The Morgan fingerprint density at radius 1 is 1.41 bits per heavy atom. The number of likely N-dealkylation sites (N-methyl/N-ethyl adjacent to an activating group) is 1. The third-order valence-electron chi connectivity index (χ3n) is 3.06. The molecule has 0 unspecified atom stereocenters. The van der Waals surface area contributed by atoms with Gasteiger partial charge in [-0.3, -0.25) is 0 Å². The van der Waals surface area contributed by atoms with Gasteiger partial charge in [-0.2, -0.15) is 0 Å². The molecular formula is C13H22N4. The third kappa shape index (κ3) is 3.97. The zero-order valence-electron chi connectivity index (χ0n) is 10.8. The van der Waals surface area contributed by atoms with Gasteiger partial charge in [-0.25, -0.2) is 9.97 Å². The molecule has 1 N–H and O–H groups in total. The van der Waals surface area contributed by atoms with E-state index in [1.807, 2.05) is 0 Å². The lowest BCUT2D eigenvalue weighted by molar-refractivity contribution is 0.672. The first-order valence-corrected chi connectivity index (χ1v) is 6.55. The molecule has 1 fully saturated rings. The molecule has 94 valence electrons. The molecule has 4 heteroatoms. The van der Waals surface area contributed by atoms with Crippen molar-refractivity contribution in [1.29, 1.82) is 0 Å². The van der Waals surface area contributed by atoms with Crippen LogP contribution in [0.4, 0.5) is 5.82 Å². The molecular weight excluding hydrogens is 212 g/mol. The monoisotopic (exact) mass is 234 g/mol. The number of nitrogens with zero attached hydrogens (tertiary/aromatic N) is 3. The smallest absolute Gasteiger partial charge is 0.131 e. The van der Waals surface area contributed by atoms with Gasteiger partial charge >= 0.3 is 0 Å². The largest absolute Gasteiger partial charge is 0.358 e. The van der Waals surface area contributed by atoms with E-state index < -0.39 is 0 Å². The minimum atomic E-state index is 0.782. The molecule has 1 aromatic heterocycles. The van der Waals surface area contributed by atoms with Crippen LogP contribution in [0.3, 0.4) is 0 Å². The highest BCUT2D eigenvalue weighted by Gasteiger charge is 2.19. The van der Waals surface area contributed by atoms with Crippen molar-refractivity contribution in [1.82, 2.24) is 15.3 Å². The normalized spacial score (nSPS) is 14.9. The number of hydrogen-bond acceptors (Lipinski definition) is 4. The molecule has 1 saturated carbocycles. The van der Waals surface area contributed by atoms with Crippen LogP contribution in [0.1, 0.15) is 31.9 Å². The van der Waals surface area contributed by atoms with E-state index in [1.165, 1.54) is 12.8 Å². The van der Waals surface area contributed by atoms with E-state index >= 15 is 0 Å². The Morgan fingerprint density at radius 3 is 2.94 bits per heavy atom. The highest BCUT2D eigenvalue weighted by molar-refractivity contribution is 5.37. The van der Waals surface area contributed by atoms with E-state index in [0.29, 0.717) is 0 Å². The van der Waals surface area contributed by atoms with Gasteiger partial charge in [0.05, 0.1) is 0 Å². The lowest BCUT2D eigenvalue weighted by atomic mass is 10.2. The Labute approximate surface area is 103 Å². The van der Waals surface area contributed by atoms with Crippen molar-refractivity contribution in [3.05, 3.63) is 18.1 Å². The zero-order chi connectivity index (χ0) is 12.1. The van der Waals surface area contributed by atoms with E-state index in [0.717, 1.165) is 43.5 Å². The van der Waals surface area contributed by atoms with Crippen molar-refractivity contribution in [3.63, 3.8) is 0 Å². The zero-order valence-corrected chi connectivity index (χ0v) is 10.8. The van der Waals surface area contributed by atoms with E-state index in [9.17, 15) is 0 Å². The molecule has 0 aromatic carbocycles. The fraction of sp³-hybridized carbons (Fsp3) is 0.692. The third-order valence-corrected chi connectivity index (χ3v) is 3.06. The Balaban J connectivity index is 1.83. The molecule has 0 aliphatic heterocycles. The maximum atomic E-state index is 4.32. The molecule has 0 radical (unpaired) electrons. The summed E-state index contributed by atoms with van der Waals surface area (Å²) < 4.78 is 0. The summed E-state index contributed by atoms with van der Waals surface area (Å²) in [5.74, 6) is 1.03. The molecule has 17 heavy (non-hydrogen) atoms. The quantitative estimate of drug-likeness (QED) is 0.778. The first-order valence-electron chi connectivity index (χ1n) is 6.55. The van der Waals surface area contributed by atoms with Crippen molar-refractivity contribution < 1.29 is 0 Å². The number of nitrogens with one attached hydrogen (secondary N) is 1. The summed E-state index contributed by atoms with van der Waals surface area (Å²) in [5, 5.41) is 3.51. The summed E-state index contributed by atoms with van der Waals surface area (Å²) in [7, 11) is 2.09. The minimum absolute atomic E-state index is 0.782. The van der Waals surface area contributed by atoms with Gasteiger partial charge in [0.15, 0.2) is 0 Å². The average molecular weight is 234 g/mol. The van der Waals surface area contributed by atoms with Gasteiger partial charge in [-0.05, 0) is 19.3 Å². The second-order valence-electron chi connectivity index (χ2n) is 4.77. The Kier molecular flexibility index (Phi) is 4.31. The molecule has 2 rings (SSSR count). The number of aryl methyl sites for hydroxylation is 1. The fourth-order valence-electron chi connectivity index (χ4n) is 1.83. The van der Waals surface area contributed by atoms with Gasteiger partial charge < -0.3 is 10.2 Å². The fourth-order valence-corrected chi connectivity index (χ4v) is 1.83. The van der Waals surface area contributed by atoms with Crippen LogP contribution in [0.25, 0.3) is 0 Å². The molecule has 0 saturated heterocycles. The first-order chi connectivity index (χ1) is 8.29. The van der Waals surface area contributed by atoms with E-state index in [-0.39, 0.29) is 0 Å². The predicted octanol–water partition coefficient (Wildman–Crippen LogP) is 1.62. The van der Waals surface area contributed by atoms with Gasteiger partial charge in [0, 0.05) is 37.9 Å². The molecule has 1 aliphatic rings. The highest BCUT2D eigenvalue weighted by atomic mass is 15.2. The summed E-state index contributed by atoms with van der Waals surface area (Å²) >= 11 is 0. The average Bonchev–Trinajstić information content (AvgIpc) is 3.14. The van der Waals surface area contributed by atoms with Gasteiger partial charge in [-0.1, -0.05) is 13.3 Å². The van der Waals surface area contributed by atoms with Gasteiger partial charge in [0.2, 0.25) is 0 Å². The molecule has 0 atom stereocenters. The summed E-state index contributed by atoms with van der Waals surface area (Å²) in [6.45, 7) is 4.21. The lowest BCUT2D eigenvalue weighted by Gasteiger charge is -2.18. The highest BCUT2D eigenvalue weighted by Crippen LogP contribution is 2.18. The van der Waals surface area contributed by atoms with Crippen molar-refractivity contribution in [2.45, 2.75) is 38.6 Å². The predicted molar refractivity (Wildman–Crippen MR) is 70.3 cm³/mol. The van der Waals surface area contributed by atoms with Crippen LogP contribution in [0, 0.1) is 0 Å². The van der Waals surface area contributed by atoms with Gasteiger partial charge in [-0.15, -0.1) is 0 Å². The summed E-state index contributed by atoms with van der Waals surface area (Å²) in [5.41, 5.74) is 1.14. The van der Waals surface area contributed by atoms with Crippen molar-refractivity contribution in [2.24, 2.45) is 0 Å². The van der Waals surface area contributed by atoms with Crippen molar-refractivity contribution in [2.75, 3.05) is 25.0 Å².